The van der Waals surface area contributed by atoms with Crippen LogP contribution in [0.4, 0.5) is 0 Å². The van der Waals surface area contributed by atoms with Gasteiger partial charge in [-0.05, 0) is 50.6 Å². The van der Waals surface area contributed by atoms with E-state index in [-0.39, 0.29) is 18.6 Å². The van der Waals surface area contributed by atoms with Crippen LogP contribution in [-0.4, -0.2) is 23.2 Å². The number of rotatable bonds is 7. The van der Waals surface area contributed by atoms with E-state index < -0.39 is 6.10 Å². The molecule has 1 heterocycles. The first-order valence-corrected chi connectivity index (χ1v) is 8.51. The van der Waals surface area contributed by atoms with Crippen molar-refractivity contribution in [2.24, 2.45) is 0 Å². The van der Waals surface area contributed by atoms with Gasteiger partial charge in [-0.2, -0.15) is 0 Å². The van der Waals surface area contributed by atoms with E-state index in [1.54, 1.807) is 36.5 Å². The van der Waals surface area contributed by atoms with E-state index in [1.165, 1.54) is 9.75 Å². The highest BCUT2D eigenvalue weighted by Crippen LogP contribution is 2.17. The minimum atomic E-state index is -0.587. The molecule has 4 nitrogen and oxygen atoms in total. The van der Waals surface area contributed by atoms with Crippen LogP contribution < -0.4 is 10.1 Å². The number of amides is 1. The lowest BCUT2D eigenvalue weighted by Gasteiger charge is -2.18. The number of ether oxygens (including phenoxy) is 1. The van der Waals surface area contributed by atoms with Gasteiger partial charge in [0.1, 0.15) is 5.75 Å². The average molecular weight is 333 g/mol. The highest BCUT2D eigenvalue weighted by atomic mass is 32.1. The van der Waals surface area contributed by atoms with Crippen molar-refractivity contribution in [1.29, 1.82) is 0 Å². The Morgan fingerprint density at radius 1 is 1.30 bits per heavy atom. The average Bonchev–Trinajstić information content (AvgIpc) is 2.92. The fourth-order valence-electron chi connectivity index (χ4n) is 2.28. The molecule has 0 radical (unpaired) electrons. The summed E-state index contributed by atoms with van der Waals surface area (Å²) in [6.45, 7) is 5.75. The van der Waals surface area contributed by atoms with Gasteiger partial charge in [0.15, 0.2) is 6.10 Å². The fourth-order valence-corrected chi connectivity index (χ4v) is 3.30. The van der Waals surface area contributed by atoms with Crippen LogP contribution in [0.3, 0.4) is 0 Å². The molecule has 2 atom stereocenters. The third-order valence-corrected chi connectivity index (χ3v) is 4.48. The third kappa shape index (κ3) is 5.37. The van der Waals surface area contributed by atoms with Crippen molar-refractivity contribution >= 4 is 17.2 Å². The molecule has 23 heavy (non-hydrogen) atoms. The molecule has 124 valence electrons. The van der Waals surface area contributed by atoms with Gasteiger partial charge in [0.05, 0.1) is 6.61 Å². The van der Waals surface area contributed by atoms with Crippen molar-refractivity contribution in [1.82, 2.24) is 5.32 Å². The zero-order chi connectivity index (χ0) is 16.8. The lowest BCUT2D eigenvalue weighted by Crippen LogP contribution is -2.42. The summed E-state index contributed by atoms with van der Waals surface area (Å²) in [5.74, 6) is 0.445. The molecule has 2 unspecified atom stereocenters. The molecular formula is C18H23NO3S. The molecule has 1 aromatic heterocycles. The fraction of sp³-hybridized carbons (Fsp3) is 0.389. The van der Waals surface area contributed by atoms with E-state index in [0.717, 1.165) is 12.0 Å². The monoisotopic (exact) mass is 333 g/mol. The molecule has 0 fully saturated rings. The van der Waals surface area contributed by atoms with E-state index in [2.05, 4.69) is 24.4 Å². The number of aliphatic hydroxyl groups is 1. The molecule has 0 saturated carbocycles. The van der Waals surface area contributed by atoms with E-state index in [0.29, 0.717) is 5.75 Å². The zero-order valence-corrected chi connectivity index (χ0v) is 14.5. The van der Waals surface area contributed by atoms with Gasteiger partial charge in [-0.15, -0.1) is 11.3 Å². The molecule has 1 amide bonds. The van der Waals surface area contributed by atoms with Gasteiger partial charge in [0, 0.05) is 22.2 Å². The van der Waals surface area contributed by atoms with Crippen LogP contribution >= 0.6 is 11.3 Å². The topological polar surface area (TPSA) is 58.6 Å². The van der Waals surface area contributed by atoms with Gasteiger partial charge in [0.25, 0.3) is 5.91 Å². The number of nitrogens with one attached hydrogen (secondary N) is 1. The SMILES string of the molecule is Cc1ccc(CC(C)NC(=O)C(C)Oc2cccc(CO)c2)s1. The normalized spacial score (nSPS) is 13.4. The summed E-state index contributed by atoms with van der Waals surface area (Å²) in [7, 11) is 0. The van der Waals surface area contributed by atoms with Crippen LogP contribution in [0.15, 0.2) is 36.4 Å². The Bertz CT molecular complexity index is 653. The van der Waals surface area contributed by atoms with E-state index in [1.807, 2.05) is 13.0 Å². The lowest BCUT2D eigenvalue weighted by molar-refractivity contribution is -0.127. The summed E-state index contributed by atoms with van der Waals surface area (Å²) >= 11 is 1.75. The van der Waals surface area contributed by atoms with Crippen LogP contribution in [0.5, 0.6) is 5.75 Å². The van der Waals surface area contributed by atoms with Gasteiger partial charge in [0.2, 0.25) is 0 Å². The van der Waals surface area contributed by atoms with Gasteiger partial charge < -0.3 is 15.2 Å². The molecule has 2 rings (SSSR count). The first-order valence-electron chi connectivity index (χ1n) is 7.70. The highest BCUT2D eigenvalue weighted by Gasteiger charge is 2.17. The number of hydrogen-bond donors (Lipinski definition) is 2. The molecular weight excluding hydrogens is 310 g/mol. The summed E-state index contributed by atoms with van der Waals surface area (Å²) in [4.78, 5) is 14.8. The van der Waals surface area contributed by atoms with E-state index >= 15 is 0 Å². The first-order chi connectivity index (χ1) is 11.0. The van der Waals surface area contributed by atoms with Gasteiger partial charge in [-0.25, -0.2) is 0 Å². The largest absolute Gasteiger partial charge is 0.481 e. The van der Waals surface area contributed by atoms with Gasteiger partial charge >= 0.3 is 0 Å². The predicted octanol–water partition coefficient (Wildman–Crippen LogP) is 3.06. The quantitative estimate of drug-likeness (QED) is 0.819. The molecule has 0 aliphatic rings. The number of hydrogen-bond acceptors (Lipinski definition) is 4. The minimum absolute atomic E-state index is 0.0466. The van der Waals surface area contributed by atoms with Gasteiger partial charge in [-0.3, -0.25) is 4.79 Å². The summed E-state index contributed by atoms with van der Waals surface area (Å²) < 4.78 is 5.65. The smallest absolute Gasteiger partial charge is 0.260 e. The Morgan fingerprint density at radius 3 is 2.74 bits per heavy atom. The van der Waals surface area contributed by atoms with E-state index in [4.69, 9.17) is 9.84 Å². The van der Waals surface area contributed by atoms with Crippen LogP contribution in [0.2, 0.25) is 0 Å². The number of benzene rings is 1. The zero-order valence-electron chi connectivity index (χ0n) is 13.7. The van der Waals surface area contributed by atoms with Crippen molar-refractivity contribution < 1.29 is 14.6 Å². The molecule has 0 spiro atoms. The maximum atomic E-state index is 12.2. The maximum Gasteiger partial charge on any atom is 0.260 e. The van der Waals surface area contributed by atoms with Crippen LogP contribution in [0.25, 0.3) is 0 Å². The van der Waals surface area contributed by atoms with Crippen molar-refractivity contribution in [3.8, 4) is 5.75 Å². The minimum Gasteiger partial charge on any atom is -0.481 e. The van der Waals surface area contributed by atoms with Crippen molar-refractivity contribution in [2.75, 3.05) is 0 Å². The Hall–Kier alpha value is -1.85. The number of aliphatic hydroxyl groups excluding tert-OH is 1. The van der Waals surface area contributed by atoms with Crippen LogP contribution in [0.1, 0.15) is 29.2 Å². The van der Waals surface area contributed by atoms with Crippen molar-refractivity contribution in [2.45, 2.75) is 45.9 Å². The molecule has 2 N–H and O–H groups in total. The summed E-state index contributed by atoms with van der Waals surface area (Å²) in [6, 6.07) is 11.4. The third-order valence-electron chi connectivity index (χ3n) is 3.46. The van der Waals surface area contributed by atoms with Crippen molar-refractivity contribution in [3.63, 3.8) is 0 Å². The summed E-state index contributed by atoms with van der Waals surface area (Å²) in [6.07, 6.45) is 0.230. The number of thiophene rings is 1. The lowest BCUT2D eigenvalue weighted by atomic mass is 10.2. The molecule has 0 saturated heterocycles. The second-order valence-electron chi connectivity index (χ2n) is 5.69. The highest BCUT2D eigenvalue weighted by molar-refractivity contribution is 7.11. The van der Waals surface area contributed by atoms with Gasteiger partial charge in [-0.1, -0.05) is 12.1 Å². The standard InChI is InChI=1S/C18H23NO3S/c1-12(9-17-8-7-13(2)23-17)19-18(21)14(3)22-16-6-4-5-15(10-16)11-20/h4-8,10,12,14,20H,9,11H2,1-3H3,(H,19,21). The molecule has 1 aromatic carbocycles. The van der Waals surface area contributed by atoms with Crippen LogP contribution in [-0.2, 0) is 17.8 Å². The number of carbonyl (C=O) groups is 1. The predicted molar refractivity (Wildman–Crippen MR) is 92.8 cm³/mol. The van der Waals surface area contributed by atoms with Crippen LogP contribution in [0, 0.1) is 6.92 Å². The molecule has 0 aliphatic heterocycles. The molecule has 0 aliphatic carbocycles. The second-order valence-corrected chi connectivity index (χ2v) is 7.06. The molecule has 2 aromatic rings. The molecule has 0 bridgehead atoms. The number of aryl methyl sites for hydroxylation is 1. The Balaban J connectivity index is 1.86. The van der Waals surface area contributed by atoms with Crippen molar-refractivity contribution in [3.05, 3.63) is 51.7 Å². The molecule has 5 heteroatoms. The Morgan fingerprint density at radius 2 is 2.09 bits per heavy atom. The van der Waals surface area contributed by atoms with E-state index in [9.17, 15) is 4.79 Å². The maximum absolute atomic E-state index is 12.2. The number of carbonyl (C=O) groups excluding carboxylic acids is 1. The summed E-state index contributed by atoms with van der Waals surface area (Å²) in [5, 5.41) is 12.1. The Kier molecular flexibility index (Phi) is 6.19. The first kappa shape index (κ1) is 17.5. The summed E-state index contributed by atoms with van der Waals surface area (Å²) in [5.41, 5.74) is 0.761. The Labute approximate surface area is 141 Å². The second kappa shape index (κ2) is 8.13.